The van der Waals surface area contributed by atoms with Gasteiger partial charge in [0.15, 0.2) is 0 Å². The Morgan fingerprint density at radius 3 is 1.94 bits per heavy atom. The molecular formula is C16H24O2. The fourth-order valence-corrected chi connectivity index (χ4v) is 1.70. The predicted octanol–water partition coefficient (Wildman–Crippen LogP) is 4.14. The van der Waals surface area contributed by atoms with Crippen molar-refractivity contribution in [1.82, 2.24) is 0 Å². The minimum Gasteiger partial charge on any atom is -0.300 e. The van der Waals surface area contributed by atoms with Crippen molar-refractivity contribution in [2.75, 3.05) is 0 Å². The molecule has 1 unspecified atom stereocenters. The van der Waals surface area contributed by atoms with Crippen LogP contribution >= 0.6 is 0 Å². The van der Waals surface area contributed by atoms with Gasteiger partial charge in [-0.1, -0.05) is 50.1 Å². The van der Waals surface area contributed by atoms with Crippen LogP contribution in [0.3, 0.4) is 0 Å². The van der Waals surface area contributed by atoms with Crippen molar-refractivity contribution in [3.63, 3.8) is 0 Å². The van der Waals surface area contributed by atoms with Gasteiger partial charge in [0.2, 0.25) is 0 Å². The van der Waals surface area contributed by atoms with E-state index in [9.17, 15) is 9.59 Å². The van der Waals surface area contributed by atoms with E-state index >= 15 is 0 Å². The molecule has 0 radical (unpaired) electrons. The van der Waals surface area contributed by atoms with Gasteiger partial charge in [-0.3, -0.25) is 4.79 Å². The van der Waals surface area contributed by atoms with E-state index in [-0.39, 0.29) is 17.5 Å². The number of unbranched alkanes of at least 4 members (excludes halogenated alkanes) is 1. The molecule has 0 saturated carbocycles. The third-order valence-electron chi connectivity index (χ3n) is 2.54. The molecule has 0 N–H and O–H groups in total. The fraction of sp³-hybridized carbons (Fsp3) is 0.500. The third kappa shape index (κ3) is 7.77. The predicted molar refractivity (Wildman–Crippen MR) is 75.7 cm³/mol. The number of carbonyl (C=O) groups is 2. The number of Topliss-reactive ketones (excluding diaryl/α,β-unsaturated/α-hetero) is 2. The second-order valence-corrected chi connectivity index (χ2v) is 4.62. The van der Waals surface area contributed by atoms with Gasteiger partial charge in [0.1, 0.15) is 11.6 Å². The van der Waals surface area contributed by atoms with Gasteiger partial charge in [0.25, 0.3) is 0 Å². The quantitative estimate of drug-likeness (QED) is 0.784. The largest absolute Gasteiger partial charge is 0.300 e. The van der Waals surface area contributed by atoms with Crippen LogP contribution in [0.5, 0.6) is 0 Å². The summed E-state index contributed by atoms with van der Waals surface area (Å²) in [5.41, 5.74) is 1.16. The summed E-state index contributed by atoms with van der Waals surface area (Å²) >= 11 is 0. The van der Waals surface area contributed by atoms with Crippen molar-refractivity contribution in [1.29, 1.82) is 0 Å². The zero-order valence-corrected chi connectivity index (χ0v) is 11.9. The average Bonchev–Trinajstić information content (AvgIpc) is 2.30. The zero-order valence-electron chi connectivity index (χ0n) is 11.9. The van der Waals surface area contributed by atoms with Gasteiger partial charge in [-0.05, 0) is 32.8 Å². The topological polar surface area (TPSA) is 34.1 Å². The Kier molecular flexibility index (Phi) is 8.81. The molecule has 1 rings (SSSR count). The molecule has 0 heterocycles. The summed E-state index contributed by atoms with van der Waals surface area (Å²) in [6.45, 7) is 6.90. The van der Waals surface area contributed by atoms with Crippen molar-refractivity contribution in [2.24, 2.45) is 0 Å². The summed E-state index contributed by atoms with van der Waals surface area (Å²) in [7, 11) is 0. The SMILES string of the molecule is CC(C)=O.CCCCC(C(C)=O)c1ccccc1. The van der Waals surface area contributed by atoms with E-state index in [1.54, 1.807) is 6.92 Å². The molecule has 0 aliphatic carbocycles. The summed E-state index contributed by atoms with van der Waals surface area (Å²) in [6, 6.07) is 10.1. The highest BCUT2D eigenvalue weighted by Crippen LogP contribution is 2.22. The molecule has 0 amide bonds. The van der Waals surface area contributed by atoms with Gasteiger partial charge in [-0.25, -0.2) is 0 Å². The molecule has 0 spiro atoms. The number of benzene rings is 1. The maximum Gasteiger partial charge on any atom is 0.137 e. The van der Waals surface area contributed by atoms with E-state index in [2.05, 4.69) is 6.92 Å². The Hall–Kier alpha value is -1.44. The van der Waals surface area contributed by atoms with Crippen LogP contribution in [-0.4, -0.2) is 11.6 Å². The Bertz CT molecular complexity index is 351. The second-order valence-electron chi connectivity index (χ2n) is 4.62. The Labute approximate surface area is 110 Å². The summed E-state index contributed by atoms with van der Waals surface area (Å²) in [6.07, 6.45) is 3.26. The minimum atomic E-state index is 0.108. The van der Waals surface area contributed by atoms with Crippen molar-refractivity contribution < 1.29 is 9.59 Å². The van der Waals surface area contributed by atoms with Crippen molar-refractivity contribution >= 4 is 11.6 Å². The van der Waals surface area contributed by atoms with E-state index in [1.165, 1.54) is 13.8 Å². The van der Waals surface area contributed by atoms with Crippen LogP contribution in [0.1, 0.15) is 58.4 Å². The molecule has 1 aromatic carbocycles. The maximum atomic E-state index is 11.5. The summed E-state index contributed by atoms with van der Waals surface area (Å²) < 4.78 is 0. The highest BCUT2D eigenvalue weighted by molar-refractivity contribution is 5.83. The summed E-state index contributed by atoms with van der Waals surface area (Å²) in [5.74, 6) is 0.556. The number of ketones is 2. The van der Waals surface area contributed by atoms with E-state index in [0.29, 0.717) is 0 Å². The van der Waals surface area contributed by atoms with Crippen LogP contribution in [0.4, 0.5) is 0 Å². The molecule has 0 saturated heterocycles. The number of carbonyl (C=O) groups excluding carboxylic acids is 2. The van der Waals surface area contributed by atoms with Crippen LogP contribution in [0, 0.1) is 0 Å². The molecule has 1 atom stereocenters. The van der Waals surface area contributed by atoms with Crippen molar-refractivity contribution in [2.45, 2.75) is 52.9 Å². The van der Waals surface area contributed by atoms with Gasteiger partial charge in [-0.2, -0.15) is 0 Å². The van der Waals surface area contributed by atoms with E-state index < -0.39 is 0 Å². The standard InChI is InChI=1S/C13H18O.C3H6O/c1-3-4-10-13(11(2)14)12-8-6-5-7-9-12;1-3(2)4/h5-9,13H,3-4,10H2,1-2H3;1-2H3. The number of hydrogen-bond donors (Lipinski definition) is 0. The van der Waals surface area contributed by atoms with Crippen LogP contribution in [0.25, 0.3) is 0 Å². The monoisotopic (exact) mass is 248 g/mol. The fourth-order valence-electron chi connectivity index (χ4n) is 1.70. The van der Waals surface area contributed by atoms with E-state index in [1.807, 2.05) is 30.3 Å². The van der Waals surface area contributed by atoms with Crippen molar-refractivity contribution in [3.05, 3.63) is 35.9 Å². The highest BCUT2D eigenvalue weighted by atomic mass is 16.1. The van der Waals surface area contributed by atoms with Gasteiger partial charge in [0, 0.05) is 5.92 Å². The van der Waals surface area contributed by atoms with Crippen LogP contribution in [0.2, 0.25) is 0 Å². The lowest BCUT2D eigenvalue weighted by Gasteiger charge is -2.13. The van der Waals surface area contributed by atoms with Crippen molar-refractivity contribution in [3.8, 4) is 0 Å². The lowest BCUT2D eigenvalue weighted by molar-refractivity contribution is -0.118. The molecule has 2 heteroatoms. The van der Waals surface area contributed by atoms with E-state index in [4.69, 9.17) is 0 Å². The molecule has 0 aliphatic rings. The normalized spacial score (nSPS) is 11.1. The van der Waals surface area contributed by atoms with Gasteiger partial charge >= 0.3 is 0 Å². The highest BCUT2D eigenvalue weighted by Gasteiger charge is 2.14. The number of rotatable bonds is 5. The van der Waals surface area contributed by atoms with Crippen LogP contribution in [-0.2, 0) is 9.59 Å². The minimum absolute atomic E-state index is 0.108. The lowest BCUT2D eigenvalue weighted by atomic mass is 9.90. The molecule has 0 aliphatic heterocycles. The molecule has 18 heavy (non-hydrogen) atoms. The molecule has 1 aromatic rings. The molecule has 0 bridgehead atoms. The van der Waals surface area contributed by atoms with E-state index in [0.717, 1.165) is 24.8 Å². The Balaban J connectivity index is 0.000000631. The first kappa shape index (κ1) is 16.6. The number of hydrogen-bond acceptors (Lipinski definition) is 2. The van der Waals surface area contributed by atoms with Gasteiger partial charge < -0.3 is 4.79 Å². The third-order valence-corrected chi connectivity index (χ3v) is 2.54. The summed E-state index contributed by atoms with van der Waals surface area (Å²) in [4.78, 5) is 20.9. The first-order valence-corrected chi connectivity index (χ1v) is 6.51. The smallest absolute Gasteiger partial charge is 0.137 e. The lowest BCUT2D eigenvalue weighted by Crippen LogP contribution is -2.08. The van der Waals surface area contributed by atoms with Gasteiger partial charge in [-0.15, -0.1) is 0 Å². The maximum absolute atomic E-state index is 11.5. The summed E-state index contributed by atoms with van der Waals surface area (Å²) in [5, 5.41) is 0. The molecule has 100 valence electrons. The molecule has 2 nitrogen and oxygen atoms in total. The zero-order chi connectivity index (χ0) is 14.0. The first-order chi connectivity index (χ1) is 8.49. The van der Waals surface area contributed by atoms with Gasteiger partial charge in [0.05, 0.1) is 0 Å². The average molecular weight is 248 g/mol. The molecule has 0 aromatic heterocycles. The second kappa shape index (κ2) is 9.58. The van der Waals surface area contributed by atoms with Crippen LogP contribution < -0.4 is 0 Å². The molecule has 0 fully saturated rings. The molecular weight excluding hydrogens is 224 g/mol. The van der Waals surface area contributed by atoms with Crippen LogP contribution in [0.15, 0.2) is 30.3 Å². The first-order valence-electron chi connectivity index (χ1n) is 6.51. The Morgan fingerprint density at radius 1 is 1.06 bits per heavy atom. The Morgan fingerprint density at radius 2 is 1.56 bits per heavy atom.